The van der Waals surface area contributed by atoms with Gasteiger partial charge in [-0.15, -0.1) is 0 Å². The van der Waals surface area contributed by atoms with E-state index in [4.69, 9.17) is 15.2 Å². The SMILES string of the molecule is COc1ccc(OCCNC(=O)C(C)C(C)N)cc1. The second-order valence-corrected chi connectivity index (χ2v) is 4.46. The third-order valence-corrected chi connectivity index (χ3v) is 2.93. The summed E-state index contributed by atoms with van der Waals surface area (Å²) in [5, 5.41) is 2.79. The topological polar surface area (TPSA) is 73.6 Å². The highest BCUT2D eigenvalue weighted by molar-refractivity contribution is 5.78. The highest BCUT2D eigenvalue weighted by atomic mass is 16.5. The van der Waals surface area contributed by atoms with E-state index >= 15 is 0 Å². The van der Waals surface area contributed by atoms with Crippen molar-refractivity contribution in [3.05, 3.63) is 24.3 Å². The Morgan fingerprint density at radius 3 is 2.37 bits per heavy atom. The average molecular weight is 266 g/mol. The number of carbonyl (C=O) groups excluding carboxylic acids is 1. The van der Waals surface area contributed by atoms with Crippen molar-refractivity contribution >= 4 is 5.91 Å². The van der Waals surface area contributed by atoms with Gasteiger partial charge in [-0.3, -0.25) is 4.79 Å². The van der Waals surface area contributed by atoms with Crippen LogP contribution in [0.5, 0.6) is 11.5 Å². The van der Waals surface area contributed by atoms with Gasteiger partial charge < -0.3 is 20.5 Å². The average Bonchev–Trinajstić information content (AvgIpc) is 2.43. The van der Waals surface area contributed by atoms with E-state index in [1.807, 2.05) is 38.1 Å². The van der Waals surface area contributed by atoms with Gasteiger partial charge >= 0.3 is 0 Å². The molecule has 1 amide bonds. The molecule has 0 aromatic heterocycles. The number of carbonyl (C=O) groups is 1. The van der Waals surface area contributed by atoms with Crippen LogP contribution in [0, 0.1) is 5.92 Å². The summed E-state index contributed by atoms with van der Waals surface area (Å²) in [5.74, 6) is 1.29. The second kappa shape index (κ2) is 7.63. The van der Waals surface area contributed by atoms with Gasteiger partial charge in [0.15, 0.2) is 0 Å². The molecule has 19 heavy (non-hydrogen) atoms. The number of hydrogen-bond acceptors (Lipinski definition) is 4. The van der Waals surface area contributed by atoms with Crippen LogP contribution in [-0.4, -0.2) is 32.2 Å². The lowest BCUT2D eigenvalue weighted by atomic mass is 10.0. The molecule has 2 atom stereocenters. The predicted molar refractivity (Wildman–Crippen MR) is 74.3 cm³/mol. The van der Waals surface area contributed by atoms with E-state index in [0.29, 0.717) is 13.2 Å². The van der Waals surface area contributed by atoms with Crippen molar-refractivity contribution in [2.24, 2.45) is 11.7 Å². The van der Waals surface area contributed by atoms with Crippen LogP contribution >= 0.6 is 0 Å². The molecule has 1 aromatic carbocycles. The Morgan fingerprint density at radius 2 is 1.84 bits per heavy atom. The molecule has 5 nitrogen and oxygen atoms in total. The van der Waals surface area contributed by atoms with Gasteiger partial charge in [0, 0.05) is 12.0 Å². The van der Waals surface area contributed by atoms with Crippen LogP contribution in [0.1, 0.15) is 13.8 Å². The number of methoxy groups -OCH3 is 1. The Labute approximate surface area is 114 Å². The molecule has 0 saturated heterocycles. The lowest BCUT2D eigenvalue weighted by Gasteiger charge is -2.15. The van der Waals surface area contributed by atoms with Crippen LogP contribution < -0.4 is 20.5 Å². The van der Waals surface area contributed by atoms with Gasteiger partial charge in [0.05, 0.1) is 13.7 Å². The zero-order chi connectivity index (χ0) is 14.3. The first-order chi connectivity index (χ1) is 9.04. The van der Waals surface area contributed by atoms with Gasteiger partial charge in [-0.1, -0.05) is 6.92 Å². The molecular weight excluding hydrogens is 244 g/mol. The minimum absolute atomic E-state index is 0.0478. The summed E-state index contributed by atoms with van der Waals surface area (Å²) >= 11 is 0. The lowest BCUT2D eigenvalue weighted by Crippen LogP contribution is -2.40. The van der Waals surface area contributed by atoms with Gasteiger partial charge in [0.1, 0.15) is 18.1 Å². The van der Waals surface area contributed by atoms with Crippen molar-refractivity contribution in [1.82, 2.24) is 5.32 Å². The molecule has 0 aliphatic rings. The minimum atomic E-state index is -0.194. The maximum atomic E-state index is 11.6. The Morgan fingerprint density at radius 1 is 1.26 bits per heavy atom. The molecule has 5 heteroatoms. The van der Waals surface area contributed by atoms with E-state index in [9.17, 15) is 4.79 Å². The quantitative estimate of drug-likeness (QED) is 0.727. The molecule has 0 bridgehead atoms. The molecule has 0 fully saturated rings. The third-order valence-electron chi connectivity index (χ3n) is 2.93. The minimum Gasteiger partial charge on any atom is -0.497 e. The van der Waals surface area contributed by atoms with Crippen molar-refractivity contribution in [3.63, 3.8) is 0 Å². The molecule has 0 spiro atoms. The van der Waals surface area contributed by atoms with Crippen molar-refractivity contribution < 1.29 is 14.3 Å². The number of rotatable bonds is 7. The molecule has 106 valence electrons. The summed E-state index contributed by atoms with van der Waals surface area (Å²) in [6.07, 6.45) is 0. The standard InChI is InChI=1S/C14H22N2O3/c1-10(11(2)15)14(17)16-8-9-19-13-6-4-12(18-3)5-7-13/h4-7,10-11H,8-9,15H2,1-3H3,(H,16,17). The largest absolute Gasteiger partial charge is 0.497 e. The molecule has 1 rings (SSSR count). The summed E-state index contributed by atoms with van der Waals surface area (Å²) < 4.78 is 10.5. The first kappa shape index (κ1) is 15.3. The zero-order valence-electron chi connectivity index (χ0n) is 11.7. The monoisotopic (exact) mass is 266 g/mol. The van der Waals surface area contributed by atoms with E-state index < -0.39 is 0 Å². The number of hydrogen-bond donors (Lipinski definition) is 2. The van der Waals surface area contributed by atoms with Crippen molar-refractivity contribution in [1.29, 1.82) is 0 Å². The Kier molecular flexibility index (Phi) is 6.15. The normalized spacial score (nSPS) is 13.5. The summed E-state index contributed by atoms with van der Waals surface area (Å²) in [7, 11) is 1.62. The summed E-state index contributed by atoms with van der Waals surface area (Å²) in [4.78, 5) is 11.6. The summed E-state index contributed by atoms with van der Waals surface area (Å²) in [6.45, 7) is 4.51. The first-order valence-electron chi connectivity index (χ1n) is 6.34. The van der Waals surface area contributed by atoms with Gasteiger partial charge in [0.2, 0.25) is 5.91 Å². The van der Waals surface area contributed by atoms with E-state index in [-0.39, 0.29) is 17.9 Å². The zero-order valence-corrected chi connectivity index (χ0v) is 11.7. The third kappa shape index (κ3) is 5.18. The van der Waals surface area contributed by atoms with Crippen LogP contribution in [0.4, 0.5) is 0 Å². The molecule has 2 unspecified atom stereocenters. The highest BCUT2D eigenvalue weighted by Crippen LogP contribution is 2.16. The Hall–Kier alpha value is -1.75. The van der Waals surface area contributed by atoms with Crippen molar-refractivity contribution in [2.75, 3.05) is 20.3 Å². The van der Waals surface area contributed by atoms with Gasteiger partial charge in [-0.25, -0.2) is 0 Å². The Bertz CT molecular complexity index is 390. The van der Waals surface area contributed by atoms with Gasteiger partial charge in [-0.2, -0.15) is 0 Å². The predicted octanol–water partition coefficient (Wildman–Crippen LogP) is 1.17. The van der Waals surface area contributed by atoms with Crippen LogP contribution in [0.2, 0.25) is 0 Å². The first-order valence-corrected chi connectivity index (χ1v) is 6.34. The fourth-order valence-corrected chi connectivity index (χ4v) is 1.41. The van der Waals surface area contributed by atoms with E-state index in [1.165, 1.54) is 0 Å². The van der Waals surface area contributed by atoms with E-state index in [0.717, 1.165) is 11.5 Å². The van der Waals surface area contributed by atoms with Crippen LogP contribution in [0.3, 0.4) is 0 Å². The maximum Gasteiger partial charge on any atom is 0.224 e. The molecule has 0 radical (unpaired) electrons. The van der Waals surface area contributed by atoms with Crippen LogP contribution in [0.15, 0.2) is 24.3 Å². The lowest BCUT2D eigenvalue weighted by molar-refractivity contribution is -0.125. The van der Waals surface area contributed by atoms with E-state index in [1.54, 1.807) is 7.11 Å². The maximum absolute atomic E-state index is 11.6. The van der Waals surface area contributed by atoms with Crippen molar-refractivity contribution in [2.45, 2.75) is 19.9 Å². The smallest absolute Gasteiger partial charge is 0.224 e. The number of nitrogens with two attached hydrogens (primary N) is 1. The van der Waals surface area contributed by atoms with Crippen LogP contribution in [0.25, 0.3) is 0 Å². The summed E-state index contributed by atoms with van der Waals surface area (Å²) in [5.41, 5.74) is 5.66. The van der Waals surface area contributed by atoms with Gasteiger partial charge in [0.25, 0.3) is 0 Å². The number of nitrogens with one attached hydrogen (secondary N) is 1. The fourth-order valence-electron chi connectivity index (χ4n) is 1.41. The molecular formula is C14H22N2O3. The number of benzene rings is 1. The van der Waals surface area contributed by atoms with Crippen LogP contribution in [-0.2, 0) is 4.79 Å². The molecule has 3 N–H and O–H groups in total. The number of ether oxygens (including phenoxy) is 2. The van der Waals surface area contributed by atoms with Crippen molar-refractivity contribution in [3.8, 4) is 11.5 Å². The molecule has 1 aromatic rings. The Balaban J connectivity index is 2.25. The molecule has 0 heterocycles. The molecule has 0 aliphatic heterocycles. The van der Waals surface area contributed by atoms with Gasteiger partial charge in [-0.05, 0) is 31.2 Å². The summed E-state index contributed by atoms with van der Waals surface area (Å²) in [6, 6.07) is 7.15. The second-order valence-electron chi connectivity index (χ2n) is 4.46. The fraction of sp³-hybridized carbons (Fsp3) is 0.500. The highest BCUT2D eigenvalue weighted by Gasteiger charge is 2.15. The molecule has 0 saturated carbocycles. The number of amides is 1. The van der Waals surface area contributed by atoms with E-state index in [2.05, 4.69) is 5.32 Å². The molecule has 0 aliphatic carbocycles.